The lowest BCUT2D eigenvalue weighted by Gasteiger charge is -2.18. The third-order valence-corrected chi connectivity index (χ3v) is 4.29. The molecule has 0 aromatic carbocycles. The van der Waals surface area contributed by atoms with Crippen molar-refractivity contribution < 1.29 is 4.79 Å². The maximum Gasteiger partial charge on any atom is 0.223 e. The van der Waals surface area contributed by atoms with Crippen LogP contribution in [0.1, 0.15) is 59.3 Å². The molecule has 2 nitrogen and oxygen atoms in total. The first-order chi connectivity index (χ1) is 8.06. The second kappa shape index (κ2) is 5.41. The Kier molecular flexibility index (Phi) is 4.11. The Bertz CT molecular complexity index is 270. The van der Waals surface area contributed by atoms with Crippen LogP contribution in [-0.2, 0) is 4.79 Å². The zero-order chi connectivity index (χ0) is 12.4. The van der Waals surface area contributed by atoms with E-state index in [2.05, 4.69) is 26.1 Å². The van der Waals surface area contributed by atoms with E-state index in [4.69, 9.17) is 0 Å². The van der Waals surface area contributed by atoms with E-state index in [0.29, 0.717) is 5.91 Å². The fourth-order valence-corrected chi connectivity index (χ4v) is 2.69. The van der Waals surface area contributed by atoms with Gasteiger partial charge < -0.3 is 5.32 Å². The summed E-state index contributed by atoms with van der Waals surface area (Å²) in [5.74, 6) is 3.23. The molecule has 17 heavy (non-hydrogen) atoms. The highest BCUT2D eigenvalue weighted by Crippen LogP contribution is 2.44. The number of carbonyl (C=O) groups is 1. The van der Waals surface area contributed by atoms with Gasteiger partial charge in [-0.3, -0.25) is 4.79 Å². The Morgan fingerprint density at radius 1 is 1.35 bits per heavy atom. The minimum atomic E-state index is 0.280. The lowest BCUT2D eigenvalue weighted by molar-refractivity contribution is -0.126. The van der Waals surface area contributed by atoms with E-state index in [9.17, 15) is 4.79 Å². The molecule has 2 heteroatoms. The molecular formula is C15H27NO. The van der Waals surface area contributed by atoms with Gasteiger partial charge in [-0.1, -0.05) is 19.8 Å². The summed E-state index contributed by atoms with van der Waals surface area (Å²) in [7, 11) is 0. The molecule has 1 amide bonds. The molecule has 0 heterocycles. The standard InChI is InChI=1S/C15H27NO/c1-10(2)16-15(17)13(7-6-12-4-5-12)9-14-8-11(14)3/h10-14H,4-9H2,1-3H3,(H,16,17). The molecule has 3 atom stereocenters. The Morgan fingerprint density at radius 2 is 2.00 bits per heavy atom. The van der Waals surface area contributed by atoms with E-state index in [1.807, 2.05) is 0 Å². The van der Waals surface area contributed by atoms with Crippen LogP contribution in [0.25, 0.3) is 0 Å². The third kappa shape index (κ3) is 4.33. The molecule has 0 aromatic heterocycles. The number of hydrogen-bond donors (Lipinski definition) is 1. The van der Waals surface area contributed by atoms with E-state index >= 15 is 0 Å². The quantitative estimate of drug-likeness (QED) is 0.722. The average Bonchev–Trinajstić information content (AvgIpc) is 3.10. The number of rotatable bonds is 7. The van der Waals surface area contributed by atoms with Gasteiger partial charge in [0.25, 0.3) is 0 Å². The zero-order valence-electron chi connectivity index (χ0n) is 11.5. The molecule has 2 fully saturated rings. The number of hydrogen-bond acceptors (Lipinski definition) is 1. The van der Waals surface area contributed by atoms with Crippen LogP contribution < -0.4 is 5.32 Å². The molecule has 2 aliphatic carbocycles. The topological polar surface area (TPSA) is 29.1 Å². The van der Waals surface area contributed by atoms with Gasteiger partial charge in [0.05, 0.1) is 0 Å². The maximum absolute atomic E-state index is 12.1. The minimum absolute atomic E-state index is 0.280. The fraction of sp³-hybridized carbons (Fsp3) is 0.933. The molecule has 3 unspecified atom stereocenters. The molecule has 0 saturated heterocycles. The number of carbonyl (C=O) groups excluding carboxylic acids is 1. The minimum Gasteiger partial charge on any atom is -0.354 e. The molecule has 2 saturated carbocycles. The molecular weight excluding hydrogens is 210 g/mol. The smallest absolute Gasteiger partial charge is 0.223 e. The van der Waals surface area contributed by atoms with Gasteiger partial charge in [0.15, 0.2) is 0 Å². The highest BCUT2D eigenvalue weighted by Gasteiger charge is 2.36. The summed E-state index contributed by atoms with van der Waals surface area (Å²) in [5.41, 5.74) is 0. The fourth-order valence-electron chi connectivity index (χ4n) is 2.69. The van der Waals surface area contributed by atoms with E-state index < -0.39 is 0 Å². The van der Waals surface area contributed by atoms with E-state index in [0.717, 1.165) is 30.6 Å². The van der Waals surface area contributed by atoms with Crippen LogP contribution in [0.15, 0.2) is 0 Å². The Morgan fingerprint density at radius 3 is 2.47 bits per heavy atom. The van der Waals surface area contributed by atoms with E-state index in [1.54, 1.807) is 0 Å². The van der Waals surface area contributed by atoms with Gasteiger partial charge in [0.2, 0.25) is 5.91 Å². The Hall–Kier alpha value is -0.530. The molecule has 0 bridgehead atoms. The SMILES string of the molecule is CC(C)NC(=O)C(CCC1CC1)CC1CC1C. The molecule has 0 spiro atoms. The van der Waals surface area contributed by atoms with Crippen molar-refractivity contribution in [1.82, 2.24) is 5.32 Å². The zero-order valence-corrected chi connectivity index (χ0v) is 11.5. The molecule has 98 valence electrons. The van der Waals surface area contributed by atoms with Crippen LogP contribution in [0.5, 0.6) is 0 Å². The van der Waals surface area contributed by atoms with Crippen LogP contribution >= 0.6 is 0 Å². The van der Waals surface area contributed by atoms with Crippen LogP contribution in [0.3, 0.4) is 0 Å². The summed E-state index contributed by atoms with van der Waals surface area (Å²) in [6.07, 6.45) is 7.67. The summed E-state index contributed by atoms with van der Waals surface area (Å²) in [6, 6.07) is 0.280. The average molecular weight is 237 g/mol. The molecule has 0 radical (unpaired) electrons. The van der Waals surface area contributed by atoms with Crippen molar-refractivity contribution in [2.45, 2.75) is 65.3 Å². The lowest BCUT2D eigenvalue weighted by Crippen LogP contribution is -2.36. The third-order valence-electron chi connectivity index (χ3n) is 4.29. The Labute approximate surface area is 106 Å². The Balaban J connectivity index is 1.78. The molecule has 2 rings (SSSR count). The van der Waals surface area contributed by atoms with Crippen molar-refractivity contribution in [3.8, 4) is 0 Å². The summed E-state index contributed by atoms with van der Waals surface area (Å²) >= 11 is 0. The van der Waals surface area contributed by atoms with Gasteiger partial charge >= 0.3 is 0 Å². The normalized spacial score (nSPS) is 29.2. The van der Waals surface area contributed by atoms with Gasteiger partial charge in [-0.05, 0) is 57.3 Å². The van der Waals surface area contributed by atoms with Crippen molar-refractivity contribution in [2.75, 3.05) is 0 Å². The van der Waals surface area contributed by atoms with Crippen LogP contribution in [0, 0.1) is 23.7 Å². The van der Waals surface area contributed by atoms with Gasteiger partial charge in [-0.25, -0.2) is 0 Å². The van der Waals surface area contributed by atoms with Crippen molar-refractivity contribution in [3.63, 3.8) is 0 Å². The first kappa shape index (κ1) is 12.9. The van der Waals surface area contributed by atoms with Gasteiger partial charge in [0.1, 0.15) is 0 Å². The lowest BCUT2D eigenvalue weighted by atomic mass is 9.93. The summed E-state index contributed by atoms with van der Waals surface area (Å²) < 4.78 is 0. The highest BCUT2D eigenvalue weighted by atomic mass is 16.1. The van der Waals surface area contributed by atoms with Crippen LogP contribution in [0.4, 0.5) is 0 Å². The second-order valence-corrected chi connectivity index (χ2v) is 6.59. The monoisotopic (exact) mass is 237 g/mol. The molecule has 2 aliphatic rings. The number of nitrogens with one attached hydrogen (secondary N) is 1. The van der Waals surface area contributed by atoms with Crippen LogP contribution in [-0.4, -0.2) is 11.9 Å². The van der Waals surface area contributed by atoms with E-state index in [-0.39, 0.29) is 12.0 Å². The molecule has 0 aliphatic heterocycles. The number of amides is 1. The first-order valence-electron chi connectivity index (χ1n) is 7.36. The van der Waals surface area contributed by atoms with Crippen molar-refractivity contribution >= 4 is 5.91 Å². The predicted molar refractivity (Wildman–Crippen MR) is 70.6 cm³/mol. The first-order valence-corrected chi connectivity index (χ1v) is 7.36. The van der Waals surface area contributed by atoms with Gasteiger partial charge in [0, 0.05) is 12.0 Å². The highest BCUT2D eigenvalue weighted by molar-refractivity contribution is 5.78. The van der Waals surface area contributed by atoms with Gasteiger partial charge in [-0.15, -0.1) is 0 Å². The van der Waals surface area contributed by atoms with Gasteiger partial charge in [-0.2, -0.15) is 0 Å². The molecule has 1 N–H and O–H groups in total. The maximum atomic E-state index is 12.1. The predicted octanol–water partition coefficient (Wildman–Crippen LogP) is 3.36. The summed E-state index contributed by atoms with van der Waals surface area (Å²) in [4.78, 5) is 12.1. The second-order valence-electron chi connectivity index (χ2n) is 6.59. The van der Waals surface area contributed by atoms with Crippen molar-refractivity contribution in [3.05, 3.63) is 0 Å². The van der Waals surface area contributed by atoms with Crippen molar-refractivity contribution in [2.24, 2.45) is 23.7 Å². The molecule has 0 aromatic rings. The summed E-state index contributed by atoms with van der Waals surface area (Å²) in [6.45, 7) is 6.41. The summed E-state index contributed by atoms with van der Waals surface area (Å²) in [5, 5.41) is 3.10. The van der Waals surface area contributed by atoms with Crippen LogP contribution in [0.2, 0.25) is 0 Å². The van der Waals surface area contributed by atoms with Crippen molar-refractivity contribution in [1.29, 1.82) is 0 Å². The largest absolute Gasteiger partial charge is 0.354 e. The van der Waals surface area contributed by atoms with E-state index in [1.165, 1.54) is 25.7 Å².